The van der Waals surface area contributed by atoms with E-state index in [2.05, 4.69) is 22.6 Å². The van der Waals surface area contributed by atoms with E-state index in [1.165, 1.54) is 0 Å². The zero-order valence-electron chi connectivity index (χ0n) is 12.6. The van der Waals surface area contributed by atoms with Gasteiger partial charge >= 0.3 is 5.97 Å². The smallest absolute Gasteiger partial charge is 0.310 e. The van der Waals surface area contributed by atoms with Crippen molar-refractivity contribution in [2.75, 3.05) is 11.5 Å². The van der Waals surface area contributed by atoms with Gasteiger partial charge in [0, 0.05) is 4.43 Å². The van der Waals surface area contributed by atoms with Crippen LogP contribution in [0, 0.1) is 12.8 Å². The van der Waals surface area contributed by atoms with Crippen LogP contribution < -0.4 is 4.74 Å². The van der Waals surface area contributed by atoms with Crippen molar-refractivity contribution in [2.45, 2.75) is 31.2 Å². The van der Waals surface area contributed by atoms with Gasteiger partial charge in [-0.3, -0.25) is 4.79 Å². The molecule has 0 radical (unpaired) electrons. The van der Waals surface area contributed by atoms with Crippen LogP contribution in [0.1, 0.15) is 24.5 Å². The van der Waals surface area contributed by atoms with Crippen LogP contribution >= 0.6 is 57.4 Å². The number of carbonyl (C=O) groups is 1. The van der Waals surface area contributed by atoms with Crippen LogP contribution in [0.3, 0.4) is 0 Å². The van der Waals surface area contributed by atoms with Gasteiger partial charge in [-0.1, -0.05) is 40.3 Å². The van der Waals surface area contributed by atoms with E-state index in [9.17, 15) is 4.79 Å². The minimum Gasteiger partial charge on any atom is -0.495 e. The minimum atomic E-state index is -0.949. The number of esters is 1. The third-order valence-electron chi connectivity index (χ3n) is 3.01. The van der Waals surface area contributed by atoms with Crippen LogP contribution in [0.2, 0.25) is 5.02 Å². The van der Waals surface area contributed by atoms with E-state index in [1.807, 2.05) is 13.0 Å². The summed E-state index contributed by atoms with van der Waals surface area (Å²) in [5.41, 5.74) is 1.69. The van der Waals surface area contributed by atoms with E-state index >= 15 is 0 Å². The van der Waals surface area contributed by atoms with Crippen molar-refractivity contribution in [1.29, 1.82) is 0 Å². The Morgan fingerprint density at radius 3 is 2.55 bits per heavy atom. The number of rotatable bonds is 7. The quantitative estimate of drug-likeness (QED) is 0.301. The number of benzene rings is 1. The zero-order valence-corrected chi connectivity index (χ0v) is 17.0. The molecule has 0 saturated carbocycles. The predicted molar refractivity (Wildman–Crippen MR) is 99.6 cm³/mol. The zero-order chi connectivity index (χ0) is 16.9. The van der Waals surface area contributed by atoms with Crippen LogP contribution in [0.15, 0.2) is 12.1 Å². The predicted octanol–water partition coefficient (Wildman–Crippen LogP) is 5.34. The average Bonchev–Trinajstić information content (AvgIpc) is 2.44. The largest absolute Gasteiger partial charge is 0.495 e. The van der Waals surface area contributed by atoms with Gasteiger partial charge in [0.2, 0.25) is 0 Å². The summed E-state index contributed by atoms with van der Waals surface area (Å²) in [6.07, 6.45) is 0.348. The van der Waals surface area contributed by atoms with Crippen molar-refractivity contribution in [3.63, 3.8) is 0 Å². The number of methoxy groups -OCH3 is 1. The number of alkyl halides is 3. The lowest BCUT2D eigenvalue weighted by Crippen LogP contribution is -2.25. The molecule has 1 unspecified atom stereocenters. The van der Waals surface area contributed by atoms with Crippen molar-refractivity contribution >= 4 is 63.4 Å². The molecular formula is C15H18Cl3IO3. The average molecular weight is 480 g/mol. The van der Waals surface area contributed by atoms with Crippen LogP contribution in [-0.4, -0.2) is 21.8 Å². The van der Waals surface area contributed by atoms with Crippen molar-refractivity contribution < 1.29 is 14.3 Å². The Labute approximate surface area is 159 Å². The molecule has 0 fully saturated rings. The van der Waals surface area contributed by atoms with E-state index in [0.29, 0.717) is 21.6 Å². The summed E-state index contributed by atoms with van der Waals surface area (Å²) in [6.45, 7) is 3.69. The van der Waals surface area contributed by atoms with Crippen molar-refractivity contribution in [1.82, 2.24) is 0 Å². The van der Waals surface area contributed by atoms with Crippen molar-refractivity contribution in [2.24, 2.45) is 5.92 Å². The molecular weight excluding hydrogens is 461 g/mol. The van der Waals surface area contributed by atoms with Gasteiger partial charge in [0.15, 0.2) is 0 Å². The topological polar surface area (TPSA) is 35.5 Å². The van der Waals surface area contributed by atoms with Crippen LogP contribution in [0.25, 0.3) is 0 Å². The Kier molecular flexibility index (Phi) is 8.06. The Bertz CT molecular complexity index is 529. The third-order valence-corrected chi connectivity index (χ3v) is 4.86. The van der Waals surface area contributed by atoms with Crippen LogP contribution in [-0.2, 0) is 16.1 Å². The van der Waals surface area contributed by atoms with Gasteiger partial charge in [0.25, 0.3) is 0 Å². The maximum atomic E-state index is 12.1. The molecule has 1 aromatic carbocycles. The molecule has 7 heteroatoms. The second kappa shape index (κ2) is 8.81. The number of hydrogen-bond donors (Lipinski definition) is 0. The normalized spacial score (nSPS) is 12.9. The first-order valence-electron chi connectivity index (χ1n) is 6.61. The third kappa shape index (κ3) is 6.30. The van der Waals surface area contributed by atoms with Crippen LogP contribution in [0.4, 0.5) is 0 Å². The summed E-state index contributed by atoms with van der Waals surface area (Å²) < 4.78 is 10.2. The molecule has 0 aliphatic heterocycles. The van der Waals surface area contributed by atoms with Crippen molar-refractivity contribution in [3.8, 4) is 5.75 Å². The molecule has 0 saturated heterocycles. The van der Waals surface area contributed by atoms with Gasteiger partial charge in [-0.05, 0) is 37.5 Å². The molecule has 22 heavy (non-hydrogen) atoms. The fourth-order valence-corrected chi connectivity index (χ4v) is 3.18. The molecule has 0 aliphatic rings. The van der Waals surface area contributed by atoms with E-state index in [-0.39, 0.29) is 18.5 Å². The first kappa shape index (κ1) is 20.1. The first-order valence-corrected chi connectivity index (χ1v) is 9.27. The number of aryl methyl sites for hydroxylation is 1. The fourth-order valence-electron chi connectivity index (χ4n) is 1.95. The standard InChI is InChI=1S/C15H18Cl3IO3/c1-9-4-10(5-12(21-3)13(9)16)8-22-14(20)11(7-19)6-15(2,17)18/h4-5,11H,6-8H2,1-3H3. The van der Waals surface area contributed by atoms with Gasteiger partial charge in [-0.2, -0.15) is 0 Å². The summed E-state index contributed by atoms with van der Waals surface area (Å²) >= 11 is 20.2. The van der Waals surface area contributed by atoms with Crippen molar-refractivity contribution in [3.05, 3.63) is 28.3 Å². The lowest BCUT2D eigenvalue weighted by atomic mass is 10.1. The molecule has 0 aliphatic carbocycles. The highest BCUT2D eigenvalue weighted by molar-refractivity contribution is 14.1. The Morgan fingerprint density at radius 2 is 2.05 bits per heavy atom. The molecule has 0 N–H and O–H groups in total. The molecule has 0 bridgehead atoms. The van der Waals surface area contributed by atoms with E-state index in [0.717, 1.165) is 11.1 Å². The molecule has 124 valence electrons. The Hall–Kier alpha value is 0.0900. The highest BCUT2D eigenvalue weighted by atomic mass is 127. The number of carbonyl (C=O) groups excluding carboxylic acids is 1. The van der Waals surface area contributed by atoms with E-state index in [1.54, 1.807) is 20.1 Å². The SMILES string of the molecule is COc1cc(COC(=O)C(CI)CC(C)(Cl)Cl)cc(C)c1Cl. The van der Waals surface area contributed by atoms with Gasteiger partial charge in [0.05, 0.1) is 18.1 Å². The monoisotopic (exact) mass is 478 g/mol. The Balaban J connectivity index is 2.73. The van der Waals surface area contributed by atoms with E-state index in [4.69, 9.17) is 44.3 Å². The molecule has 1 rings (SSSR count). The van der Waals surface area contributed by atoms with Gasteiger partial charge in [-0.15, -0.1) is 23.2 Å². The molecule has 1 aromatic rings. The maximum Gasteiger partial charge on any atom is 0.310 e. The molecule has 0 spiro atoms. The number of hydrogen-bond acceptors (Lipinski definition) is 3. The fraction of sp³-hybridized carbons (Fsp3) is 0.533. The van der Waals surface area contributed by atoms with E-state index < -0.39 is 4.33 Å². The highest BCUT2D eigenvalue weighted by Gasteiger charge is 2.28. The second-order valence-electron chi connectivity index (χ2n) is 5.16. The minimum absolute atomic E-state index is 0.154. The lowest BCUT2D eigenvalue weighted by Gasteiger charge is -2.20. The van der Waals surface area contributed by atoms with Gasteiger partial charge in [-0.25, -0.2) is 0 Å². The maximum absolute atomic E-state index is 12.1. The lowest BCUT2D eigenvalue weighted by molar-refractivity contribution is -0.149. The summed E-state index contributed by atoms with van der Waals surface area (Å²) in [7, 11) is 1.55. The number of halogens is 4. The molecule has 0 amide bonds. The molecule has 1 atom stereocenters. The summed E-state index contributed by atoms with van der Waals surface area (Å²) in [5.74, 6) is -0.0864. The molecule has 0 heterocycles. The molecule has 0 aromatic heterocycles. The first-order chi connectivity index (χ1) is 10.2. The summed E-state index contributed by atoms with van der Waals surface area (Å²) in [6, 6.07) is 3.62. The molecule has 3 nitrogen and oxygen atoms in total. The van der Waals surface area contributed by atoms with Gasteiger partial charge in [0.1, 0.15) is 16.7 Å². The second-order valence-corrected chi connectivity index (χ2v) is 8.28. The summed E-state index contributed by atoms with van der Waals surface area (Å²) in [5, 5.41) is 0.558. The Morgan fingerprint density at radius 1 is 1.41 bits per heavy atom. The van der Waals surface area contributed by atoms with Crippen LogP contribution in [0.5, 0.6) is 5.75 Å². The number of ether oxygens (including phenoxy) is 2. The van der Waals surface area contributed by atoms with Gasteiger partial charge < -0.3 is 9.47 Å². The highest BCUT2D eigenvalue weighted by Crippen LogP contribution is 2.31. The summed E-state index contributed by atoms with van der Waals surface area (Å²) in [4.78, 5) is 12.1.